The van der Waals surface area contributed by atoms with Crippen LogP contribution in [0.4, 0.5) is 5.88 Å². The van der Waals surface area contributed by atoms with Crippen molar-refractivity contribution in [1.82, 2.24) is 5.43 Å². The Morgan fingerprint density at radius 1 is 1.48 bits per heavy atom. The second kappa shape index (κ2) is 7.54. The average molecular weight is 382 g/mol. The second-order valence-corrected chi connectivity index (χ2v) is 5.30. The molecule has 9 heteroatoms. The van der Waals surface area contributed by atoms with Gasteiger partial charge in [-0.1, -0.05) is 6.07 Å². The van der Waals surface area contributed by atoms with Crippen LogP contribution in [0.15, 0.2) is 44.3 Å². The Bertz CT molecular complexity index is 757. The number of nitrogens with zero attached hydrogens (tertiary/aromatic N) is 2. The molecule has 0 atom stereocenters. The van der Waals surface area contributed by atoms with Gasteiger partial charge in [-0.25, -0.2) is 5.43 Å². The number of ether oxygens (including phenoxy) is 1. The van der Waals surface area contributed by atoms with Gasteiger partial charge in [0.15, 0.2) is 12.4 Å². The highest BCUT2D eigenvalue weighted by molar-refractivity contribution is 9.10. The summed E-state index contributed by atoms with van der Waals surface area (Å²) in [6.45, 7) is 1.71. The quantitative estimate of drug-likeness (QED) is 0.470. The van der Waals surface area contributed by atoms with Crippen LogP contribution in [0.2, 0.25) is 0 Å². The molecule has 2 rings (SSSR count). The number of rotatable bonds is 6. The molecular formula is C14H12BrN3O5. The summed E-state index contributed by atoms with van der Waals surface area (Å²) in [6, 6.07) is 8.04. The van der Waals surface area contributed by atoms with Gasteiger partial charge in [-0.3, -0.25) is 14.9 Å². The van der Waals surface area contributed by atoms with E-state index < -0.39 is 16.7 Å². The molecule has 8 nitrogen and oxygen atoms in total. The number of hydrogen-bond acceptors (Lipinski definition) is 6. The summed E-state index contributed by atoms with van der Waals surface area (Å²) in [5.74, 6) is -0.185. The predicted molar refractivity (Wildman–Crippen MR) is 85.5 cm³/mol. The molecule has 1 amide bonds. The van der Waals surface area contributed by atoms with Crippen LogP contribution < -0.4 is 10.2 Å². The van der Waals surface area contributed by atoms with Crippen LogP contribution in [0, 0.1) is 17.0 Å². The number of amides is 1. The molecular weight excluding hydrogens is 370 g/mol. The maximum Gasteiger partial charge on any atom is 0.433 e. The fourth-order valence-corrected chi connectivity index (χ4v) is 2.18. The number of aryl methyl sites for hydroxylation is 1. The molecule has 1 aromatic carbocycles. The lowest BCUT2D eigenvalue weighted by atomic mass is 10.2. The molecule has 0 aliphatic rings. The molecule has 0 aliphatic carbocycles. The van der Waals surface area contributed by atoms with E-state index in [4.69, 9.17) is 9.15 Å². The van der Waals surface area contributed by atoms with Gasteiger partial charge < -0.3 is 9.15 Å². The molecule has 0 unspecified atom stereocenters. The van der Waals surface area contributed by atoms with Crippen LogP contribution in [0.1, 0.15) is 11.3 Å². The van der Waals surface area contributed by atoms with E-state index in [9.17, 15) is 14.9 Å². The third kappa shape index (κ3) is 4.92. The molecule has 1 heterocycles. The molecule has 0 aliphatic heterocycles. The summed E-state index contributed by atoms with van der Waals surface area (Å²) >= 11 is 3.34. The maximum absolute atomic E-state index is 11.6. The standard InChI is InChI=1S/C14H12BrN3O5/c1-9-2-4-12(11(15)6-9)22-8-13(19)17-16-7-10-3-5-14(23-10)18(20)21/h2-7H,8H2,1H3,(H,17,19). The zero-order valence-corrected chi connectivity index (χ0v) is 13.6. The lowest BCUT2D eigenvalue weighted by Gasteiger charge is -2.07. The van der Waals surface area contributed by atoms with Gasteiger partial charge in [-0.15, -0.1) is 0 Å². The number of furan rings is 1. The fraction of sp³-hybridized carbons (Fsp3) is 0.143. The molecule has 0 radical (unpaired) electrons. The first-order chi connectivity index (χ1) is 11.0. The number of benzene rings is 1. The van der Waals surface area contributed by atoms with E-state index in [1.807, 2.05) is 19.1 Å². The van der Waals surface area contributed by atoms with E-state index in [2.05, 4.69) is 26.5 Å². The minimum atomic E-state index is -0.663. The summed E-state index contributed by atoms with van der Waals surface area (Å²) < 4.78 is 10.9. The van der Waals surface area contributed by atoms with E-state index in [1.54, 1.807) is 6.07 Å². The second-order valence-electron chi connectivity index (χ2n) is 4.45. The molecule has 1 aromatic heterocycles. The van der Waals surface area contributed by atoms with Crippen molar-refractivity contribution in [2.24, 2.45) is 5.10 Å². The molecule has 0 fully saturated rings. The highest BCUT2D eigenvalue weighted by Gasteiger charge is 2.10. The van der Waals surface area contributed by atoms with Crippen molar-refractivity contribution >= 4 is 33.9 Å². The van der Waals surface area contributed by atoms with Crippen molar-refractivity contribution in [2.75, 3.05) is 6.61 Å². The third-order valence-corrected chi connectivity index (χ3v) is 3.24. The first-order valence-electron chi connectivity index (χ1n) is 6.41. The number of carbonyl (C=O) groups excluding carboxylic acids is 1. The van der Waals surface area contributed by atoms with E-state index >= 15 is 0 Å². The first-order valence-corrected chi connectivity index (χ1v) is 7.20. The summed E-state index contributed by atoms with van der Waals surface area (Å²) in [6.07, 6.45) is 1.16. The van der Waals surface area contributed by atoms with Crippen LogP contribution >= 0.6 is 15.9 Å². The van der Waals surface area contributed by atoms with Gasteiger partial charge in [-0.05, 0) is 46.6 Å². The number of hydrazone groups is 1. The van der Waals surface area contributed by atoms with Crippen LogP contribution in [0.25, 0.3) is 0 Å². The highest BCUT2D eigenvalue weighted by atomic mass is 79.9. The minimum Gasteiger partial charge on any atom is -0.483 e. The monoisotopic (exact) mass is 381 g/mol. The third-order valence-electron chi connectivity index (χ3n) is 2.62. The Morgan fingerprint density at radius 2 is 2.26 bits per heavy atom. The van der Waals surface area contributed by atoms with Crippen molar-refractivity contribution in [1.29, 1.82) is 0 Å². The van der Waals surface area contributed by atoms with Crippen molar-refractivity contribution in [3.05, 3.63) is 56.2 Å². The molecule has 1 N–H and O–H groups in total. The SMILES string of the molecule is Cc1ccc(OCC(=O)NN=Cc2ccc([N+](=O)[O-])o2)c(Br)c1. The molecule has 0 saturated heterocycles. The largest absolute Gasteiger partial charge is 0.483 e. The van der Waals surface area contributed by atoms with E-state index in [-0.39, 0.29) is 12.4 Å². The van der Waals surface area contributed by atoms with Crippen molar-refractivity contribution < 1.29 is 18.9 Å². The number of nitrogens with one attached hydrogen (secondary N) is 1. The van der Waals surface area contributed by atoms with E-state index in [0.29, 0.717) is 5.75 Å². The summed E-state index contributed by atoms with van der Waals surface area (Å²) in [5.41, 5.74) is 3.29. The van der Waals surface area contributed by atoms with Crippen LogP contribution in [-0.4, -0.2) is 23.7 Å². The maximum atomic E-state index is 11.6. The van der Waals surface area contributed by atoms with E-state index in [0.717, 1.165) is 16.3 Å². The molecule has 23 heavy (non-hydrogen) atoms. The summed E-state index contributed by atoms with van der Waals surface area (Å²) in [4.78, 5) is 21.4. The average Bonchev–Trinajstić information content (AvgIpc) is 2.95. The fourth-order valence-electron chi connectivity index (χ4n) is 1.58. The van der Waals surface area contributed by atoms with Crippen molar-refractivity contribution in [2.45, 2.75) is 6.92 Å². The molecule has 0 bridgehead atoms. The zero-order chi connectivity index (χ0) is 16.8. The highest BCUT2D eigenvalue weighted by Crippen LogP contribution is 2.25. The lowest BCUT2D eigenvalue weighted by Crippen LogP contribution is -2.24. The molecule has 0 saturated carbocycles. The van der Waals surface area contributed by atoms with Crippen molar-refractivity contribution in [3.63, 3.8) is 0 Å². The summed E-state index contributed by atoms with van der Waals surface area (Å²) in [5, 5.41) is 14.1. The van der Waals surface area contributed by atoms with Crippen molar-refractivity contribution in [3.8, 4) is 5.75 Å². The molecule has 2 aromatic rings. The zero-order valence-electron chi connectivity index (χ0n) is 12.0. The Labute approximate surface area is 139 Å². The Balaban J connectivity index is 1.82. The van der Waals surface area contributed by atoms with Crippen LogP contribution in [-0.2, 0) is 4.79 Å². The van der Waals surface area contributed by atoms with Crippen LogP contribution in [0.5, 0.6) is 5.75 Å². The number of nitro groups is 1. The first kappa shape index (κ1) is 16.7. The van der Waals surface area contributed by atoms with Gasteiger partial charge in [0.1, 0.15) is 10.7 Å². The van der Waals surface area contributed by atoms with Crippen LogP contribution in [0.3, 0.4) is 0 Å². The molecule has 120 valence electrons. The van der Waals surface area contributed by atoms with Gasteiger partial charge in [0.05, 0.1) is 16.8 Å². The normalized spacial score (nSPS) is 10.7. The Hall–Kier alpha value is -2.68. The topological polar surface area (TPSA) is 107 Å². The van der Waals surface area contributed by atoms with Gasteiger partial charge in [0, 0.05) is 0 Å². The van der Waals surface area contributed by atoms with E-state index in [1.165, 1.54) is 12.1 Å². The molecule has 0 spiro atoms. The predicted octanol–water partition coefficient (Wildman–Crippen LogP) is 2.79. The number of halogens is 1. The Kier molecular flexibility index (Phi) is 5.47. The van der Waals surface area contributed by atoms with Gasteiger partial charge in [-0.2, -0.15) is 5.10 Å². The van der Waals surface area contributed by atoms with Gasteiger partial charge in [0.2, 0.25) is 0 Å². The smallest absolute Gasteiger partial charge is 0.433 e. The Morgan fingerprint density at radius 3 is 2.91 bits per heavy atom. The lowest BCUT2D eigenvalue weighted by molar-refractivity contribution is -0.402. The number of carbonyl (C=O) groups is 1. The summed E-state index contributed by atoms with van der Waals surface area (Å²) in [7, 11) is 0. The minimum absolute atomic E-state index is 0.152. The van der Waals surface area contributed by atoms with Gasteiger partial charge in [0.25, 0.3) is 5.91 Å². The number of hydrogen-bond donors (Lipinski definition) is 1. The van der Waals surface area contributed by atoms with Gasteiger partial charge >= 0.3 is 5.88 Å².